The molecule has 3 aromatic heterocycles. The molecule has 0 unspecified atom stereocenters. The van der Waals surface area contributed by atoms with E-state index >= 15 is 0 Å². The Morgan fingerprint density at radius 3 is 2.17 bits per heavy atom. The van der Waals surface area contributed by atoms with Crippen LogP contribution in [-0.2, 0) is 20.1 Å². The molecule has 1 radical (unpaired) electrons. The predicted molar refractivity (Wildman–Crippen MR) is 197 cm³/mol. The minimum absolute atomic E-state index is 0. The monoisotopic (exact) mass is 857 g/mol. The summed E-state index contributed by atoms with van der Waals surface area (Å²) in [5, 5.41) is 2.58. The number of fused-ring (bicyclic) bond motifs is 3. The van der Waals surface area contributed by atoms with Crippen molar-refractivity contribution in [3.05, 3.63) is 139 Å². The Morgan fingerprint density at radius 1 is 0.717 bits per heavy atom. The van der Waals surface area contributed by atoms with Gasteiger partial charge in [0.25, 0.3) is 0 Å². The molecule has 0 atom stereocenters. The molecule has 0 aliphatic heterocycles. The summed E-state index contributed by atoms with van der Waals surface area (Å²) in [6.07, 6.45) is 3.99. The van der Waals surface area contributed by atoms with Crippen LogP contribution < -0.4 is 4.40 Å². The number of aryl methyl sites for hydroxylation is 1. The first kappa shape index (κ1) is 33.9. The summed E-state index contributed by atoms with van der Waals surface area (Å²) in [5.41, 5.74) is 9.42. The Kier molecular flexibility index (Phi) is 10.7. The molecule has 0 aliphatic rings. The van der Waals surface area contributed by atoms with E-state index in [4.69, 9.17) is 0 Å². The van der Waals surface area contributed by atoms with Gasteiger partial charge in [-0.2, -0.15) is 11.3 Å². The second-order valence-corrected chi connectivity index (χ2v) is 24.4. The van der Waals surface area contributed by atoms with Gasteiger partial charge in [-0.3, -0.25) is 0 Å². The average Bonchev–Trinajstić information content (AvgIpc) is 3.44. The van der Waals surface area contributed by atoms with E-state index in [2.05, 4.69) is 145 Å². The number of rotatable bonds is 5. The van der Waals surface area contributed by atoms with E-state index in [1.165, 1.54) is 46.8 Å². The molecule has 0 spiro atoms. The zero-order chi connectivity index (χ0) is 31.6. The standard InChI is InChI=1S/C26H20NS.C15H18GeN.Ir/c1-17(2)19-14-15-27-24(16-19)23-13-7-12-22-21-11-6-10-20(25(21)28-26(22)23)18-8-4-3-5-9-18;1-12-10-15(13-8-6-5-7-9-13)17-11-14(12)16(2,3)4;/h3-12,14-17H,1-2H3;5-8,10-11H,1-4H3;/q2*-1;. The number of pyridine rings is 2. The largest absolute Gasteiger partial charge is 0 e. The first-order valence-electron chi connectivity index (χ1n) is 15.5. The number of aromatic nitrogens is 2. The van der Waals surface area contributed by atoms with Gasteiger partial charge in [0.15, 0.2) is 0 Å². The maximum atomic E-state index is 4.67. The Morgan fingerprint density at radius 2 is 1.48 bits per heavy atom. The molecule has 0 aliphatic carbocycles. The maximum absolute atomic E-state index is 4.67. The first-order chi connectivity index (χ1) is 21.7. The van der Waals surface area contributed by atoms with Gasteiger partial charge in [0.1, 0.15) is 0 Å². The van der Waals surface area contributed by atoms with Crippen molar-refractivity contribution in [2.75, 3.05) is 0 Å². The van der Waals surface area contributed by atoms with Gasteiger partial charge in [-0.05, 0) is 38.9 Å². The van der Waals surface area contributed by atoms with E-state index in [-0.39, 0.29) is 20.1 Å². The third-order valence-electron chi connectivity index (χ3n) is 8.15. The SMILES string of the molecule is CC(C)c1ccnc(-c2[c-]ccc3c2sc2c(-c4ccccc4)cccc23)c1.Cc1cc(-c2[c-]cccc2)nc[c]1[Ge]([CH3])([CH3])[CH3].[Ir]. The molecule has 3 heterocycles. The maximum Gasteiger partial charge on any atom is 0 e. The first-order valence-corrected chi connectivity index (χ1v) is 23.7. The molecule has 0 saturated carbocycles. The molecule has 0 fully saturated rings. The Labute approximate surface area is 293 Å². The predicted octanol–water partition coefficient (Wildman–Crippen LogP) is 11.1. The molecule has 4 aromatic carbocycles. The third kappa shape index (κ3) is 7.26. The van der Waals surface area contributed by atoms with Crippen LogP contribution in [0.5, 0.6) is 0 Å². The summed E-state index contributed by atoms with van der Waals surface area (Å²) in [4.78, 5) is 9.26. The zero-order valence-electron chi connectivity index (χ0n) is 27.2. The van der Waals surface area contributed by atoms with Gasteiger partial charge >= 0.3 is 106 Å². The zero-order valence-corrected chi connectivity index (χ0v) is 32.5. The molecule has 233 valence electrons. The molecule has 0 amide bonds. The summed E-state index contributed by atoms with van der Waals surface area (Å²) < 4.78 is 4.07. The van der Waals surface area contributed by atoms with Crippen molar-refractivity contribution in [3.8, 4) is 33.6 Å². The van der Waals surface area contributed by atoms with E-state index in [9.17, 15) is 0 Å². The van der Waals surface area contributed by atoms with Crippen LogP contribution in [0.25, 0.3) is 53.8 Å². The molecular weight excluding hydrogens is 817 g/mol. The van der Waals surface area contributed by atoms with Crippen molar-refractivity contribution < 1.29 is 20.1 Å². The Balaban J connectivity index is 0.000000200. The van der Waals surface area contributed by atoms with Crippen LogP contribution in [0.3, 0.4) is 0 Å². The quantitative estimate of drug-likeness (QED) is 0.127. The van der Waals surface area contributed by atoms with E-state index in [1.54, 1.807) is 0 Å². The van der Waals surface area contributed by atoms with Crippen LogP contribution in [0.1, 0.15) is 30.9 Å². The number of thiophene rings is 1. The minimum atomic E-state index is -1.77. The van der Waals surface area contributed by atoms with Crippen LogP contribution in [0, 0.1) is 19.1 Å². The molecule has 7 aromatic rings. The van der Waals surface area contributed by atoms with Crippen LogP contribution in [0.4, 0.5) is 0 Å². The van der Waals surface area contributed by atoms with Gasteiger partial charge < -0.3 is 4.98 Å². The molecule has 5 heteroatoms. The van der Waals surface area contributed by atoms with E-state index < -0.39 is 13.3 Å². The van der Waals surface area contributed by atoms with Gasteiger partial charge in [-0.25, -0.2) is 0 Å². The third-order valence-corrected chi connectivity index (χ3v) is 13.9. The van der Waals surface area contributed by atoms with Crippen LogP contribution in [-0.4, -0.2) is 23.2 Å². The van der Waals surface area contributed by atoms with Gasteiger partial charge in [0.2, 0.25) is 0 Å². The number of hydrogen-bond donors (Lipinski definition) is 0. The summed E-state index contributed by atoms with van der Waals surface area (Å²) >= 11 is 0.0750. The molecule has 7 rings (SSSR count). The summed E-state index contributed by atoms with van der Waals surface area (Å²) in [5.74, 6) is 7.68. The Bertz CT molecular complexity index is 2080. The van der Waals surface area contributed by atoms with Crippen molar-refractivity contribution in [1.82, 2.24) is 9.97 Å². The normalized spacial score (nSPS) is 11.3. The number of hydrogen-bond acceptors (Lipinski definition) is 3. The summed E-state index contributed by atoms with van der Waals surface area (Å²) in [6, 6.07) is 42.6. The summed E-state index contributed by atoms with van der Waals surface area (Å²) in [6.45, 7) is 6.63. The second kappa shape index (κ2) is 14.6. The van der Waals surface area contributed by atoms with E-state index in [1.807, 2.05) is 41.8 Å². The van der Waals surface area contributed by atoms with Crippen molar-refractivity contribution in [2.24, 2.45) is 0 Å². The van der Waals surface area contributed by atoms with Crippen LogP contribution in [0.2, 0.25) is 17.3 Å². The van der Waals surface area contributed by atoms with E-state index in [0.29, 0.717) is 5.92 Å². The van der Waals surface area contributed by atoms with Gasteiger partial charge in [0.05, 0.1) is 0 Å². The fraction of sp³-hybridized carbons (Fsp3) is 0.171. The molecule has 2 nitrogen and oxygen atoms in total. The topological polar surface area (TPSA) is 25.8 Å². The molecule has 0 N–H and O–H groups in total. The second-order valence-electron chi connectivity index (χ2n) is 12.8. The van der Waals surface area contributed by atoms with Crippen LogP contribution >= 0.6 is 11.3 Å². The minimum Gasteiger partial charge on any atom is 0 e. The van der Waals surface area contributed by atoms with Crippen molar-refractivity contribution >= 4 is 49.2 Å². The molecule has 46 heavy (non-hydrogen) atoms. The Hall–Kier alpha value is -3.41. The van der Waals surface area contributed by atoms with Crippen molar-refractivity contribution in [3.63, 3.8) is 0 Å². The fourth-order valence-corrected chi connectivity index (χ4v) is 10.7. The number of benzene rings is 4. The number of nitrogens with zero attached hydrogens (tertiary/aromatic N) is 2. The van der Waals surface area contributed by atoms with Crippen molar-refractivity contribution in [1.29, 1.82) is 0 Å². The molecule has 0 bridgehead atoms. The van der Waals surface area contributed by atoms with Gasteiger partial charge in [-0.1, -0.05) is 79.4 Å². The molecular formula is C41H38GeIrN2S-2. The fourth-order valence-electron chi connectivity index (χ4n) is 5.78. The van der Waals surface area contributed by atoms with Crippen LogP contribution in [0.15, 0.2) is 116 Å². The molecule has 0 saturated heterocycles. The van der Waals surface area contributed by atoms with Crippen molar-refractivity contribution in [2.45, 2.75) is 44.0 Å². The summed E-state index contributed by atoms with van der Waals surface area (Å²) in [7, 11) is 0. The van der Waals surface area contributed by atoms with Gasteiger partial charge in [0, 0.05) is 31.0 Å². The average molecular weight is 856 g/mol. The van der Waals surface area contributed by atoms with E-state index in [0.717, 1.165) is 22.5 Å². The smallest absolute Gasteiger partial charge is 0 e. The van der Waals surface area contributed by atoms with Gasteiger partial charge in [-0.15, -0.1) is 23.8 Å².